The van der Waals surface area contributed by atoms with Gasteiger partial charge in [0, 0.05) is 19.2 Å². The van der Waals surface area contributed by atoms with Gasteiger partial charge in [0.25, 0.3) is 5.91 Å². The molecular weight excluding hydrogens is 223 g/mol. The number of carbonyl (C=O) groups excluding carboxylic acids is 1. The first-order valence-corrected chi connectivity index (χ1v) is 5.59. The first-order valence-electron chi connectivity index (χ1n) is 5.59. The molecule has 1 atom stereocenters. The van der Waals surface area contributed by atoms with Crippen molar-refractivity contribution in [2.45, 2.75) is 6.42 Å². The van der Waals surface area contributed by atoms with Gasteiger partial charge in [0.05, 0.1) is 5.56 Å². The quantitative estimate of drug-likeness (QED) is 0.806. The van der Waals surface area contributed by atoms with E-state index in [9.17, 15) is 9.18 Å². The summed E-state index contributed by atoms with van der Waals surface area (Å²) < 4.78 is 13.5. The molecule has 0 aliphatic carbocycles. The number of nitrogens with two attached hydrogens (primary N) is 1. The van der Waals surface area contributed by atoms with E-state index in [0.29, 0.717) is 25.6 Å². The SMILES string of the molecule is NCC1CCN(C(=O)c2ccc(O)cc2F)C1. The fourth-order valence-corrected chi connectivity index (χ4v) is 2.06. The van der Waals surface area contributed by atoms with Crippen molar-refractivity contribution < 1.29 is 14.3 Å². The van der Waals surface area contributed by atoms with Gasteiger partial charge in [0.1, 0.15) is 11.6 Å². The molecule has 1 saturated heterocycles. The van der Waals surface area contributed by atoms with E-state index >= 15 is 0 Å². The fraction of sp³-hybridized carbons (Fsp3) is 0.417. The third kappa shape index (κ3) is 2.39. The van der Waals surface area contributed by atoms with E-state index in [4.69, 9.17) is 10.8 Å². The van der Waals surface area contributed by atoms with Crippen LogP contribution in [0.1, 0.15) is 16.8 Å². The van der Waals surface area contributed by atoms with Gasteiger partial charge in [0.2, 0.25) is 0 Å². The zero-order chi connectivity index (χ0) is 12.4. The monoisotopic (exact) mass is 238 g/mol. The number of halogens is 1. The van der Waals surface area contributed by atoms with Crippen LogP contribution in [0.25, 0.3) is 0 Å². The molecule has 92 valence electrons. The highest BCUT2D eigenvalue weighted by Crippen LogP contribution is 2.21. The Labute approximate surface area is 98.8 Å². The van der Waals surface area contributed by atoms with Crippen LogP contribution in [0.15, 0.2) is 18.2 Å². The van der Waals surface area contributed by atoms with Gasteiger partial charge in [-0.15, -0.1) is 0 Å². The molecule has 1 amide bonds. The lowest BCUT2D eigenvalue weighted by Gasteiger charge is -2.16. The number of hydrogen-bond acceptors (Lipinski definition) is 3. The molecule has 1 fully saturated rings. The number of aromatic hydroxyl groups is 1. The number of benzene rings is 1. The fourth-order valence-electron chi connectivity index (χ4n) is 2.06. The number of amides is 1. The molecule has 3 N–H and O–H groups in total. The van der Waals surface area contributed by atoms with Crippen LogP contribution in [0.4, 0.5) is 4.39 Å². The first-order chi connectivity index (χ1) is 8.11. The average molecular weight is 238 g/mol. The molecule has 1 heterocycles. The smallest absolute Gasteiger partial charge is 0.256 e. The summed E-state index contributed by atoms with van der Waals surface area (Å²) in [6.07, 6.45) is 0.863. The maximum atomic E-state index is 13.5. The van der Waals surface area contributed by atoms with Crippen molar-refractivity contribution in [3.63, 3.8) is 0 Å². The van der Waals surface area contributed by atoms with E-state index in [1.54, 1.807) is 4.90 Å². The van der Waals surface area contributed by atoms with E-state index < -0.39 is 5.82 Å². The minimum Gasteiger partial charge on any atom is -0.508 e. The van der Waals surface area contributed by atoms with E-state index in [1.807, 2.05) is 0 Å². The summed E-state index contributed by atoms with van der Waals surface area (Å²) in [5, 5.41) is 9.08. The molecule has 0 aromatic heterocycles. The molecule has 0 saturated carbocycles. The summed E-state index contributed by atoms with van der Waals surface area (Å²) in [5.41, 5.74) is 5.54. The van der Waals surface area contributed by atoms with Gasteiger partial charge in [0.15, 0.2) is 0 Å². The van der Waals surface area contributed by atoms with Crippen molar-refractivity contribution in [3.05, 3.63) is 29.6 Å². The molecular formula is C12H15FN2O2. The Balaban J connectivity index is 2.15. The normalized spacial score (nSPS) is 19.6. The molecule has 0 radical (unpaired) electrons. The molecule has 1 aromatic rings. The molecule has 1 aromatic carbocycles. The Bertz CT molecular complexity index is 437. The number of nitrogens with zero attached hydrogens (tertiary/aromatic N) is 1. The Hall–Kier alpha value is -1.62. The summed E-state index contributed by atoms with van der Waals surface area (Å²) in [7, 11) is 0. The second kappa shape index (κ2) is 4.71. The van der Waals surface area contributed by atoms with Crippen LogP contribution < -0.4 is 5.73 Å². The highest BCUT2D eigenvalue weighted by molar-refractivity contribution is 5.94. The van der Waals surface area contributed by atoms with E-state index in [2.05, 4.69) is 0 Å². The standard InChI is InChI=1S/C12H15FN2O2/c13-11-5-9(16)1-2-10(11)12(17)15-4-3-8(6-14)7-15/h1-2,5,8,16H,3-4,6-7,14H2. The van der Waals surface area contributed by atoms with Crippen molar-refractivity contribution in [2.75, 3.05) is 19.6 Å². The van der Waals surface area contributed by atoms with Crippen molar-refractivity contribution in [2.24, 2.45) is 11.7 Å². The van der Waals surface area contributed by atoms with E-state index in [0.717, 1.165) is 12.5 Å². The van der Waals surface area contributed by atoms with Gasteiger partial charge in [-0.25, -0.2) is 4.39 Å². The molecule has 4 nitrogen and oxygen atoms in total. The Morgan fingerprint density at radius 1 is 1.59 bits per heavy atom. The van der Waals surface area contributed by atoms with E-state index in [-0.39, 0.29) is 17.2 Å². The number of phenols is 1. The molecule has 5 heteroatoms. The lowest BCUT2D eigenvalue weighted by atomic mass is 10.1. The van der Waals surface area contributed by atoms with Crippen LogP contribution in [0.5, 0.6) is 5.75 Å². The zero-order valence-corrected chi connectivity index (χ0v) is 9.40. The summed E-state index contributed by atoms with van der Waals surface area (Å²) >= 11 is 0. The maximum absolute atomic E-state index is 13.5. The summed E-state index contributed by atoms with van der Waals surface area (Å²) in [6, 6.07) is 3.57. The minimum absolute atomic E-state index is 0.000437. The third-order valence-corrected chi connectivity index (χ3v) is 3.09. The van der Waals surface area contributed by atoms with Gasteiger partial charge < -0.3 is 15.7 Å². The Morgan fingerprint density at radius 3 is 2.94 bits per heavy atom. The van der Waals surface area contributed by atoms with E-state index in [1.165, 1.54) is 12.1 Å². The topological polar surface area (TPSA) is 66.6 Å². The number of likely N-dealkylation sites (tertiary alicyclic amines) is 1. The predicted octanol–water partition coefficient (Wildman–Crippen LogP) is 0.952. The molecule has 17 heavy (non-hydrogen) atoms. The Kier molecular flexibility index (Phi) is 3.28. The van der Waals surface area contributed by atoms with Crippen molar-refractivity contribution in [1.82, 2.24) is 4.90 Å². The molecule has 0 spiro atoms. The van der Waals surface area contributed by atoms with Gasteiger partial charge in [-0.3, -0.25) is 4.79 Å². The van der Waals surface area contributed by atoms with Crippen LogP contribution in [0.3, 0.4) is 0 Å². The molecule has 2 rings (SSSR count). The van der Waals surface area contributed by atoms with Gasteiger partial charge in [-0.1, -0.05) is 0 Å². The van der Waals surface area contributed by atoms with Gasteiger partial charge >= 0.3 is 0 Å². The summed E-state index contributed by atoms with van der Waals surface area (Å²) in [6.45, 7) is 1.73. The maximum Gasteiger partial charge on any atom is 0.256 e. The minimum atomic E-state index is -0.689. The third-order valence-electron chi connectivity index (χ3n) is 3.09. The first kappa shape index (κ1) is 11.9. The molecule has 0 bridgehead atoms. The summed E-state index contributed by atoms with van der Waals surface area (Å²) in [5.74, 6) is -0.899. The number of phenolic OH excluding ortho intramolecular Hbond substituents is 1. The second-order valence-corrected chi connectivity index (χ2v) is 4.31. The van der Waals surface area contributed by atoms with Crippen LogP contribution in [0.2, 0.25) is 0 Å². The second-order valence-electron chi connectivity index (χ2n) is 4.31. The molecule has 1 unspecified atom stereocenters. The number of hydrogen-bond donors (Lipinski definition) is 2. The summed E-state index contributed by atoms with van der Waals surface area (Å²) in [4.78, 5) is 13.6. The highest BCUT2D eigenvalue weighted by Gasteiger charge is 2.27. The average Bonchev–Trinajstić information content (AvgIpc) is 2.76. The lowest BCUT2D eigenvalue weighted by molar-refractivity contribution is 0.0783. The largest absolute Gasteiger partial charge is 0.508 e. The van der Waals surface area contributed by atoms with Crippen LogP contribution in [-0.4, -0.2) is 35.5 Å². The van der Waals surface area contributed by atoms with Crippen molar-refractivity contribution >= 4 is 5.91 Å². The van der Waals surface area contributed by atoms with Crippen molar-refractivity contribution in [1.29, 1.82) is 0 Å². The van der Waals surface area contributed by atoms with Gasteiger partial charge in [-0.2, -0.15) is 0 Å². The Morgan fingerprint density at radius 2 is 2.35 bits per heavy atom. The van der Waals surface area contributed by atoms with Gasteiger partial charge in [-0.05, 0) is 31.0 Å². The number of rotatable bonds is 2. The number of carbonyl (C=O) groups is 1. The lowest BCUT2D eigenvalue weighted by Crippen LogP contribution is -2.30. The van der Waals surface area contributed by atoms with Crippen LogP contribution in [0, 0.1) is 11.7 Å². The van der Waals surface area contributed by atoms with Crippen molar-refractivity contribution in [3.8, 4) is 5.75 Å². The molecule has 1 aliphatic rings. The van der Waals surface area contributed by atoms with Crippen LogP contribution in [-0.2, 0) is 0 Å². The van der Waals surface area contributed by atoms with Crippen LogP contribution >= 0.6 is 0 Å². The highest BCUT2D eigenvalue weighted by atomic mass is 19.1. The predicted molar refractivity (Wildman–Crippen MR) is 61.1 cm³/mol. The zero-order valence-electron chi connectivity index (χ0n) is 9.40. The molecule has 1 aliphatic heterocycles.